The first-order valence-corrected chi connectivity index (χ1v) is 8.80. The van der Waals surface area contributed by atoms with Crippen molar-refractivity contribution in [3.8, 4) is 0 Å². The Morgan fingerprint density at radius 2 is 2.17 bits per heavy atom. The highest BCUT2D eigenvalue weighted by Gasteiger charge is 2.28. The van der Waals surface area contributed by atoms with Gasteiger partial charge in [-0.1, -0.05) is 36.7 Å². The Morgan fingerprint density at radius 3 is 3.00 bits per heavy atom. The van der Waals surface area contributed by atoms with E-state index in [9.17, 15) is 0 Å². The van der Waals surface area contributed by atoms with E-state index in [1.54, 1.807) is 0 Å². The Kier molecular flexibility index (Phi) is 5.11. The van der Waals surface area contributed by atoms with Crippen LogP contribution in [0.2, 0.25) is 0 Å². The molecule has 4 nitrogen and oxygen atoms in total. The van der Waals surface area contributed by atoms with Gasteiger partial charge in [-0.25, -0.2) is 0 Å². The predicted octanol–water partition coefficient (Wildman–Crippen LogP) is 4.37. The van der Waals surface area contributed by atoms with Gasteiger partial charge >= 0.3 is 0 Å². The molecular formula is C19H27N3O. The summed E-state index contributed by atoms with van der Waals surface area (Å²) in [5, 5.41) is 4.11. The molecule has 1 aliphatic heterocycles. The molecule has 0 bridgehead atoms. The number of aromatic nitrogens is 2. The minimum absolute atomic E-state index is 0.473. The third-order valence-electron chi connectivity index (χ3n) is 4.97. The summed E-state index contributed by atoms with van der Waals surface area (Å²) < 4.78 is 5.46. The number of unbranched alkanes of at least 4 members (excludes halogenated alkanes) is 1. The number of likely N-dealkylation sites (tertiary alicyclic amines) is 1. The molecule has 1 aromatic carbocycles. The first kappa shape index (κ1) is 16.2. The molecule has 0 spiro atoms. The number of nitrogens with zero attached hydrogens (tertiary/aromatic N) is 3. The molecule has 1 aliphatic rings. The largest absolute Gasteiger partial charge is 0.338 e. The second kappa shape index (κ2) is 7.26. The first-order chi connectivity index (χ1) is 11.2. The lowest BCUT2D eigenvalue weighted by molar-refractivity contribution is 0.211. The Labute approximate surface area is 138 Å². The van der Waals surface area contributed by atoms with E-state index in [0.717, 1.165) is 44.1 Å². The van der Waals surface area contributed by atoms with Crippen LogP contribution in [0.25, 0.3) is 0 Å². The van der Waals surface area contributed by atoms with Gasteiger partial charge < -0.3 is 4.52 Å². The number of hydrogen-bond donors (Lipinski definition) is 0. The quantitative estimate of drug-likeness (QED) is 0.794. The molecule has 4 heteroatoms. The SMILES string of the molecule is CCCCc1noc(CN2CCC[C@H]2c2cccc(C)c2C)n1. The van der Waals surface area contributed by atoms with Crippen molar-refractivity contribution in [1.82, 2.24) is 15.0 Å². The van der Waals surface area contributed by atoms with Crippen LogP contribution in [0.3, 0.4) is 0 Å². The van der Waals surface area contributed by atoms with Crippen LogP contribution in [0.15, 0.2) is 22.7 Å². The molecule has 23 heavy (non-hydrogen) atoms. The van der Waals surface area contributed by atoms with Crippen molar-refractivity contribution in [3.05, 3.63) is 46.6 Å². The summed E-state index contributed by atoms with van der Waals surface area (Å²) in [7, 11) is 0. The molecule has 1 saturated heterocycles. The molecule has 0 amide bonds. The Balaban J connectivity index is 1.72. The second-order valence-corrected chi connectivity index (χ2v) is 6.63. The standard InChI is InChI=1S/C19H27N3O/c1-4-5-11-18-20-19(23-21-18)13-22-12-7-10-17(22)16-9-6-8-14(2)15(16)3/h6,8-9,17H,4-5,7,10-13H2,1-3H3/t17-/m0/s1. The maximum absolute atomic E-state index is 5.46. The number of aryl methyl sites for hydroxylation is 2. The summed E-state index contributed by atoms with van der Waals surface area (Å²) in [6, 6.07) is 7.10. The second-order valence-electron chi connectivity index (χ2n) is 6.63. The lowest BCUT2D eigenvalue weighted by Gasteiger charge is -2.25. The van der Waals surface area contributed by atoms with E-state index in [-0.39, 0.29) is 0 Å². The van der Waals surface area contributed by atoms with E-state index in [1.807, 2.05) is 0 Å². The van der Waals surface area contributed by atoms with E-state index in [1.165, 1.54) is 29.5 Å². The molecule has 2 aromatic rings. The van der Waals surface area contributed by atoms with Gasteiger partial charge in [-0.15, -0.1) is 0 Å². The summed E-state index contributed by atoms with van der Waals surface area (Å²) in [5.41, 5.74) is 4.24. The molecule has 124 valence electrons. The zero-order valence-electron chi connectivity index (χ0n) is 14.5. The average molecular weight is 313 g/mol. The van der Waals surface area contributed by atoms with Crippen molar-refractivity contribution < 1.29 is 4.52 Å². The van der Waals surface area contributed by atoms with Gasteiger partial charge in [0.2, 0.25) is 5.89 Å². The number of rotatable bonds is 6. The lowest BCUT2D eigenvalue weighted by atomic mass is 9.96. The number of hydrogen-bond acceptors (Lipinski definition) is 4. The Hall–Kier alpha value is -1.68. The number of benzene rings is 1. The van der Waals surface area contributed by atoms with Crippen LogP contribution in [0, 0.1) is 13.8 Å². The van der Waals surface area contributed by atoms with E-state index in [2.05, 4.69) is 54.0 Å². The summed E-state index contributed by atoms with van der Waals surface area (Å²) in [5.74, 6) is 1.61. The van der Waals surface area contributed by atoms with Gasteiger partial charge in [-0.2, -0.15) is 4.98 Å². The molecular weight excluding hydrogens is 286 g/mol. The molecule has 1 aromatic heterocycles. The Morgan fingerprint density at radius 1 is 1.30 bits per heavy atom. The molecule has 1 atom stereocenters. The van der Waals surface area contributed by atoms with E-state index in [0.29, 0.717) is 6.04 Å². The average Bonchev–Trinajstić information content (AvgIpc) is 3.18. The molecule has 0 N–H and O–H groups in total. The molecule has 1 fully saturated rings. The summed E-state index contributed by atoms with van der Waals surface area (Å²) in [6.45, 7) is 8.47. The fraction of sp³-hybridized carbons (Fsp3) is 0.579. The van der Waals surface area contributed by atoms with Crippen LogP contribution in [0.4, 0.5) is 0 Å². The molecule has 0 saturated carbocycles. The van der Waals surface area contributed by atoms with Gasteiger partial charge in [0, 0.05) is 12.5 Å². The topological polar surface area (TPSA) is 42.2 Å². The lowest BCUT2D eigenvalue weighted by Crippen LogP contribution is -2.23. The highest BCUT2D eigenvalue weighted by atomic mass is 16.5. The monoisotopic (exact) mass is 313 g/mol. The van der Waals surface area contributed by atoms with Crippen molar-refractivity contribution in [1.29, 1.82) is 0 Å². The molecule has 2 heterocycles. The highest BCUT2D eigenvalue weighted by Crippen LogP contribution is 2.35. The smallest absolute Gasteiger partial charge is 0.240 e. The Bertz CT molecular complexity index is 650. The molecule has 0 aliphatic carbocycles. The highest BCUT2D eigenvalue weighted by molar-refractivity contribution is 5.35. The minimum atomic E-state index is 0.473. The minimum Gasteiger partial charge on any atom is -0.338 e. The van der Waals surface area contributed by atoms with Gasteiger partial charge in [0.05, 0.1) is 6.54 Å². The first-order valence-electron chi connectivity index (χ1n) is 8.80. The van der Waals surface area contributed by atoms with Gasteiger partial charge in [0.1, 0.15) is 0 Å². The zero-order chi connectivity index (χ0) is 16.2. The summed E-state index contributed by atoms with van der Waals surface area (Å²) in [4.78, 5) is 7.04. The summed E-state index contributed by atoms with van der Waals surface area (Å²) >= 11 is 0. The van der Waals surface area contributed by atoms with Crippen LogP contribution < -0.4 is 0 Å². The van der Waals surface area contributed by atoms with Gasteiger partial charge in [-0.3, -0.25) is 4.90 Å². The zero-order valence-corrected chi connectivity index (χ0v) is 14.5. The molecule has 3 rings (SSSR count). The van der Waals surface area contributed by atoms with Gasteiger partial charge in [0.15, 0.2) is 5.82 Å². The van der Waals surface area contributed by atoms with Gasteiger partial charge in [0.25, 0.3) is 0 Å². The van der Waals surface area contributed by atoms with Crippen LogP contribution in [0.1, 0.15) is 67.1 Å². The van der Waals surface area contributed by atoms with E-state index >= 15 is 0 Å². The van der Waals surface area contributed by atoms with Crippen molar-refractivity contribution in [2.75, 3.05) is 6.54 Å². The van der Waals surface area contributed by atoms with Crippen molar-refractivity contribution >= 4 is 0 Å². The van der Waals surface area contributed by atoms with Crippen LogP contribution in [-0.2, 0) is 13.0 Å². The normalized spacial score (nSPS) is 18.7. The third-order valence-corrected chi connectivity index (χ3v) is 4.97. The maximum atomic E-state index is 5.46. The predicted molar refractivity (Wildman–Crippen MR) is 91.2 cm³/mol. The maximum Gasteiger partial charge on any atom is 0.240 e. The van der Waals surface area contributed by atoms with Crippen molar-refractivity contribution in [2.45, 2.75) is 65.5 Å². The van der Waals surface area contributed by atoms with Gasteiger partial charge in [-0.05, 0) is 56.3 Å². The molecule has 0 unspecified atom stereocenters. The van der Waals surface area contributed by atoms with Crippen molar-refractivity contribution in [2.24, 2.45) is 0 Å². The summed E-state index contributed by atoms with van der Waals surface area (Å²) in [6.07, 6.45) is 5.63. The fourth-order valence-corrected chi connectivity index (χ4v) is 3.47. The van der Waals surface area contributed by atoms with Crippen LogP contribution in [0.5, 0.6) is 0 Å². The third kappa shape index (κ3) is 3.63. The van der Waals surface area contributed by atoms with Crippen LogP contribution in [-0.4, -0.2) is 21.6 Å². The van der Waals surface area contributed by atoms with E-state index in [4.69, 9.17) is 4.52 Å². The van der Waals surface area contributed by atoms with Crippen molar-refractivity contribution in [3.63, 3.8) is 0 Å². The fourth-order valence-electron chi connectivity index (χ4n) is 3.47. The van der Waals surface area contributed by atoms with E-state index < -0.39 is 0 Å². The molecule has 0 radical (unpaired) electrons. The van der Waals surface area contributed by atoms with Crippen LogP contribution >= 0.6 is 0 Å².